The Balaban J connectivity index is 2.17. The second-order valence-corrected chi connectivity index (χ2v) is 6.58. The average molecular weight is 239 g/mol. The van der Waals surface area contributed by atoms with Crippen molar-refractivity contribution in [3.05, 3.63) is 0 Å². The highest BCUT2D eigenvalue weighted by Crippen LogP contribution is 2.37. The molecule has 3 atom stereocenters. The summed E-state index contributed by atoms with van der Waals surface area (Å²) in [6, 6.07) is 0. The van der Waals surface area contributed by atoms with Gasteiger partial charge in [0.25, 0.3) is 0 Å². The van der Waals surface area contributed by atoms with Crippen LogP contribution in [-0.4, -0.2) is 24.0 Å². The summed E-state index contributed by atoms with van der Waals surface area (Å²) in [5, 5.41) is 0. The normalized spacial score (nSPS) is 31.9. The van der Waals surface area contributed by atoms with Crippen LogP contribution in [0.3, 0.4) is 0 Å². The second-order valence-electron chi connectivity index (χ2n) is 6.58. The topological polar surface area (TPSA) is 3.24 Å². The molecule has 1 nitrogen and oxygen atoms in total. The SMILES string of the molecule is CCC(C)CCCCCC1(C)C(C)CCN1C. The minimum Gasteiger partial charge on any atom is -0.301 e. The lowest BCUT2D eigenvalue weighted by molar-refractivity contribution is 0.140. The fourth-order valence-electron chi connectivity index (χ4n) is 3.12. The van der Waals surface area contributed by atoms with Crippen molar-refractivity contribution < 1.29 is 0 Å². The maximum absolute atomic E-state index is 2.59. The van der Waals surface area contributed by atoms with Gasteiger partial charge < -0.3 is 4.90 Å². The third kappa shape index (κ3) is 3.98. The Labute approximate surface area is 109 Å². The third-order valence-corrected chi connectivity index (χ3v) is 5.41. The zero-order valence-electron chi connectivity index (χ0n) is 12.8. The van der Waals surface area contributed by atoms with Crippen LogP contribution < -0.4 is 0 Å². The summed E-state index contributed by atoms with van der Waals surface area (Å²) in [5.74, 6) is 1.81. The van der Waals surface area contributed by atoms with Crippen LogP contribution in [0.15, 0.2) is 0 Å². The van der Waals surface area contributed by atoms with Crippen molar-refractivity contribution >= 4 is 0 Å². The van der Waals surface area contributed by atoms with Crippen molar-refractivity contribution in [1.82, 2.24) is 4.90 Å². The lowest BCUT2D eigenvalue weighted by atomic mass is 9.83. The highest BCUT2D eigenvalue weighted by molar-refractivity contribution is 4.94. The van der Waals surface area contributed by atoms with Gasteiger partial charge in [-0.05, 0) is 45.2 Å². The third-order valence-electron chi connectivity index (χ3n) is 5.41. The van der Waals surface area contributed by atoms with Gasteiger partial charge in [-0.1, -0.05) is 52.9 Å². The quantitative estimate of drug-likeness (QED) is 0.581. The van der Waals surface area contributed by atoms with Crippen LogP contribution in [-0.2, 0) is 0 Å². The number of rotatable bonds is 7. The van der Waals surface area contributed by atoms with E-state index >= 15 is 0 Å². The van der Waals surface area contributed by atoms with E-state index in [1.54, 1.807) is 0 Å². The molecule has 0 aromatic rings. The first-order valence-electron chi connectivity index (χ1n) is 7.72. The van der Waals surface area contributed by atoms with Crippen LogP contribution >= 0.6 is 0 Å². The summed E-state index contributed by atoms with van der Waals surface area (Å²) < 4.78 is 0. The number of nitrogens with zero attached hydrogens (tertiary/aromatic N) is 1. The highest BCUT2D eigenvalue weighted by Gasteiger charge is 2.39. The van der Waals surface area contributed by atoms with Crippen molar-refractivity contribution in [1.29, 1.82) is 0 Å². The molecule has 1 fully saturated rings. The van der Waals surface area contributed by atoms with Crippen LogP contribution in [0.1, 0.15) is 72.6 Å². The molecule has 0 radical (unpaired) electrons. The lowest BCUT2D eigenvalue weighted by Crippen LogP contribution is -2.42. The standard InChI is InChI=1S/C16H33N/c1-6-14(2)10-8-7-9-12-16(4)15(3)11-13-17(16)5/h14-15H,6-13H2,1-5H3. The fraction of sp³-hybridized carbons (Fsp3) is 1.00. The van der Waals surface area contributed by atoms with E-state index in [9.17, 15) is 0 Å². The van der Waals surface area contributed by atoms with E-state index in [4.69, 9.17) is 0 Å². The highest BCUT2D eigenvalue weighted by atomic mass is 15.2. The number of likely N-dealkylation sites (tertiary alicyclic amines) is 1. The first kappa shape index (κ1) is 15.0. The summed E-state index contributed by atoms with van der Waals surface area (Å²) >= 11 is 0. The summed E-state index contributed by atoms with van der Waals surface area (Å²) in [7, 11) is 2.31. The van der Waals surface area contributed by atoms with Crippen LogP contribution in [0, 0.1) is 11.8 Å². The molecule has 1 heterocycles. The molecule has 1 heteroatoms. The minimum atomic E-state index is 0.483. The van der Waals surface area contributed by atoms with Crippen LogP contribution in [0.5, 0.6) is 0 Å². The largest absolute Gasteiger partial charge is 0.301 e. The Kier molecular flexibility index (Phi) is 5.99. The van der Waals surface area contributed by atoms with Gasteiger partial charge in [0, 0.05) is 5.54 Å². The van der Waals surface area contributed by atoms with Crippen LogP contribution in [0.2, 0.25) is 0 Å². The molecule has 0 aromatic carbocycles. The Morgan fingerprint density at radius 1 is 1.29 bits per heavy atom. The summed E-state index contributed by atoms with van der Waals surface area (Å²) in [5.41, 5.74) is 0.483. The van der Waals surface area contributed by atoms with Crippen molar-refractivity contribution in [2.75, 3.05) is 13.6 Å². The van der Waals surface area contributed by atoms with Gasteiger partial charge in [-0.25, -0.2) is 0 Å². The Bertz CT molecular complexity index is 202. The first-order chi connectivity index (χ1) is 8.00. The van der Waals surface area contributed by atoms with Gasteiger partial charge in [0.2, 0.25) is 0 Å². The first-order valence-corrected chi connectivity index (χ1v) is 7.72. The van der Waals surface area contributed by atoms with E-state index in [1.165, 1.54) is 51.5 Å². The number of unbranched alkanes of at least 4 members (excludes halogenated alkanes) is 2. The van der Waals surface area contributed by atoms with Crippen molar-refractivity contribution in [3.63, 3.8) is 0 Å². The molecular weight excluding hydrogens is 206 g/mol. The van der Waals surface area contributed by atoms with E-state index in [0.717, 1.165) is 11.8 Å². The van der Waals surface area contributed by atoms with Crippen molar-refractivity contribution in [2.45, 2.75) is 78.2 Å². The van der Waals surface area contributed by atoms with E-state index in [0.29, 0.717) is 5.54 Å². The predicted molar refractivity (Wildman–Crippen MR) is 77.4 cm³/mol. The van der Waals surface area contributed by atoms with Gasteiger partial charge in [-0.3, -0.25) is 0 Å². The second kappa shape index (κ2) is 6.78. The fourth-order valence-corrected chi connectivity index (χ4v) is 3.12. The molecule has 0 bridgehead atoms. The zero-order chi connectivity index (χ0) is 12.9. The molecule has 0 saturated carbocycles. The molecule has 1 rings (SSSR count). The molecular formula is C16H33N. The maximum Gasteiger partial charge on any atom is 0.0204 e. The molecule has 0 amide bonds. The molecule has 0 N–H and O–H groups in total. The van der Waals surface area contributed by atoms with Gasteiger partial charge in [0.1, 0.15) is 0 Å². The van der Waals surface area contributed by atoms with Gasteiger partial charge in [0.15, 0.2) is 0 Å². The smallest absolute Gasteiger partial charge is 0.0204 e. The molecule has 1 aliphatic rings. The van der Waals surface area contributed by atoms with E-state index in [-0.39, 0.29) is 0 Å². The Hall–Kier alpha value is -0.0400. The lowest BCUT2D eigenvalue weighted by Gasteiger charge is -2.36. The van der Waals surface area contributed by atoms with Gasteiger partial charge in [-0.15, -0.1) is 0 Å². The van der Waals surface area contributed by atoms with Gasteiger partial charge in [0.05, 0.1) is 0 Å². The van der Waals surface area contributed by atoms with Gasteiger partial charge in [-0.2, -0.15) is 0 Å². The molecule has 1 saturated heterocycles. The minimum absolute atomic E-state index is 0.483. The summed E-state index contributed by atoms with van der Waals surface area (Å²) in [4.78, 5) is 2.59. The van der Waals surface area contributed by atoms with E-state index in [2.05, 4.69) is 39.6 Å². The molecule has 1 aliphatic heterocycles. The monoisotopic (exact) mass is 239 g/mol. The Morgan fingerprint density at radius 3 is 2.53 bits per heavy atom. The average Bonchev–Trinajstić information content (AvgIpc) is 2.56. The predicted octanol–water partition coefficient (Wildman–Crippen LogP) is 4.71. The maximum atomic E-state index is 2.59. The zero-order valence-corrected chi connectivity index (χ0v) is 12.8. The summed E-state index contributed by atoms with van der Waals surface area (Å²) in [6.07, 6.45) is 9.84. The molecule has 17 heavy (non-hydrogen) atoms. The summed E-state index contributed by atoms with van der Waals surface area (Å²) in [6.45, 7) is 10.9. The number of hydrogen-bond acceptors (Lipinski definition) is 1. The molecule has 102 valence electrons. The van der Waals surface area contributed by atoms with Crippen molar-refractivity contribution in [3.8, 4) is 0 Å². The Morgan fingerprint density at radius 2 is 2.00 bits per heavy atom. The molecule has 0 aromatic heterocycles. The van der Waals surface area contributed by atoms with Crippen LogP contribution in [0.4, 0.5) is 0 Å². The molecule has 0 spiro atoms. The number of hydrogen-bond donors (Lipinski definition) is 0. The van der Waals surface area contributed by atoms with Crippen molar-refractivity contribution in [2.24, 2.45) is 11.8 Å². The molecule has 0 aliphatic carbocycles. The van der Waals surface area contributed by atoms with E-state index in [1.807, 2.05) is 0 Å². The molecule has 3 unspecified atom stereocenters. The van der Waals surface area contributed by atoms with Gasteiger partial charge >= 0.3 is 0 Å². The van der Waals surface area contributed by atoms with E-state index < -0.39 is 0 Å². The van der Waals surface area contributed by atoms with Crippen LogP contribution in [0.25, 0.3) is 0 Å².